The molecule has 0 spiro atoms. The van der Waals surface area contributed by atoms with Gasteiger partial charge in [-0.25, -0.2) is 4.79 Å². The molecule has 0 saturated carbocycles. The number of aliphatic hydroxyl groups excluding tert-OH is 2. The third-order valence-electron chi connectivity index (χ3n) is 6.45. The van der Waals surface area contributed by atoms with Crippen molar-refractivity contribution in [3.05, 3.63) is 106 Å². The van der Waals surface area contributed by atoms with Crippen LogP contribution in [0.25, 0.3) is 0 Å². The van der Waals surface area contributed by atoms with E-state index in [9.17, 15) is 9.90 Å². The molecule has 3 aromatic carbocycles. The number of halogens is 1. The van der Waals surface area contributed by atoms with Crippen LogP contribution >= 0.6 is 11.6 Å². The SMILES string of the molecule is CCCN(C1=C(O)CC(CCc2ccccc2)(c2ccc(OCCO)cc2)OC1=O)c1cccc(Cl)c1. The molecule has 37 heavy (non-hydrogen) atoms. The predicted octanol–water partition coefficient (Wildman–Crippen LogP) is 6.17. The van der Waals surface area contributed by atoms with Gasteiger partial charge >= 0.3 is 5.97 Å². The highest BCUT2D eigenvalue weighted by atomic mass is 35.5. The maximum Gasteiger partial charge on any atom is 0.359 e. The van der Waals surface area contributed by atoms with Crippen molar-refractivity contribution in [2.24, 2.45) is 0 Å². The molecule has 0 aliphatic carbocycles. The summed E-state index contributed by atoms with van der Waals surface area (Å²) in [6.45, 7) is 2.64. The molecule has 0 saturated heterocycles. The molecule has 1 heterocycles. The lowest BCUT2D eigenvalue weighted by Gasteiger charge is -2.40. The number of carbonyl (C=O) groups is 1. The maximum atomic E-state index is 13.6. The number of nitrogens with zero attached hydrogens (tertiary/aromatic N) is 1. The van der Waals surface area contributed by atoms with Gasteiger partial charge in [0.15, 0.2) is 5.70 Å². The fourth-order valence-electron chi connectivity index (χ4n) is 4.69. The first-order valence-corrected chi connectivity index (χ1v) is 12.9. The van der Waals surface area contributed by atoms with E-state index in [2.05, 4.69) is 0 Å². The molecule has 0 radical (unpaired) electrons. The fourth-order valence-corrected chi connectivity index (χ4v) is 4.88. The number of cyclic esters (lactones) is 1. The smallest absolute Gasteiger partial charge is 0.359 e. The summed E-state index contributed by atoms with van der Waals surface area (Å²) in [6, 6.07) is 24.5. The van der Waals surface area contributed by atoms with Crippen molar-refractivity contribution in [2.45, 2.75) is 38.2 Å². The van der Waals surface area contributed by atoms with Crippen molar-refractivity contribution in [3.63, 3.8) is 0 Å². The van der Waals surface area contributed by atoms with Crippen molar-refractivity contribution >= 4 is 23.3 Å². The van der Waals surface area contributed by atoms with Gasteiger partial charge in [0.25, 0.3) is 0 Å². The quantitative estimate of drug-likeness (QED) is 0.294. The number of ether oxygens (including phenoxy) is 2. The Morgan fingerprint density at radius 3 is 2.46 bits per heavy atom. The van der Waals surface area contributed by atoms with Gasteiger partial charge in [-0.05, 0) is 60.7 Å². The van der Waals surface area contributed by atoms with Gasteiger partial charge in [-0.15, -0.1) is 0 Å². The minimum absolute atomic E-state index is 0.0154. The van der Waals surface area contributed by atoms with Gasteiger partial charge in [-0.3, -0.25) is 0 Å². The highest BCUT2D eigenvalue weighted by Gasteiger charge is 2.45. The van der Waals surface area contributed by atoms with E-state index >= 15 is 0 Å². The summed E-state index contributed by atoms with van der Waals surface area (Å²) in [6.07, 6.45) is 2.04. The van der Waals surface area contributed by atoms with Crippen LogP contribution in [0.2, 0.25) is 5.02 Å². The van der Waals surface area contributed by atoms with Crippen LogP contribution in [-0.2, 0) is 21.6 Å². The summed E-state index contributed by atoms with van der Waals surface area (Å²) in [5.41, 5.74) is 1.69. The predicted molar refractivity (Wildman–Crippen MR) is 145 cm³/mol. The Labute approximate surface area is 222 Å². The number of hydrogen-bond acceptors (Lipinski definition) is 6. The summed E-state index contributed by atoms with van der Waals surface area (Å²) in [5, 5.41) is 21.0. The lowest BCUT2D eigenvalue weighted by molar-refractivity contribution is -0.161. The normalized spacial score (nSPS) is 17.4. The Kier molecular flexibility index (Phi) is 8.74. The van der Waals surface area contributed by atoms with E-state index in [4.69, 9.17) is 26.2 Å². The number of esters is 1. The summed E-state index contributed by atoms with van der Waals surface area (Å²) >= 11 is 6.22. The van der Waals surface area contributed by atoms with Crippen LogP contribution in [0.3, 0.4) is 0 Å². The third-order valence-corrected chi connectivity index (χ3v) is 6.68. The van der Waals surface area contributed by atoms with Crippen molar-refractivity contribution in [1.82, 2.24) is 0 Å². The summed E-state index contributed by atoms with van der Waals surface area (Å²) in [4.78, 5) is 15.4. The van der Waals surface area contributed by atoms with E-state index < -0.39 is 11.6 Å². The first kappa shape index (κ1) is 26.6. The van der Waals surface area contributed by atoms with Crippen LogP contribution in [0, 0.1) is 0 Å². The molecule has 3 aromatic rings. The highest BCUT2D eigenvalue weighted by molar-refractivity contribution is 6.30. The minimum atomic E-state index is -1.05. The number of hydrogen-bond donors (Lipinski definition) is 2. The van der Waals surface area contributed by atoms with Crippen LogP contribution < -0.4 is 9.64 Å². The van der Waals surface area contributed by atoms with Gasteiger partial charge in [-0.2, -0.15) is 0 Å². The van der Waals surface area contributed by atoms with Crippen LogP contribution in [0.5, 0.6) is 5.75 Å². The summed E-state index contributed by atoms with van der Waals surface area (Å²) in [7, 11) is 0. The topological polar surface area (TPSA) is 79.2 Å². The second kappa shape index (κ2) is 12.2. The first-order valence-electron chi connectivity index (χ1n) is 12.5. The van der Waals surface area contributed by atoms with Crippen molar-refractivity contribution in [3.8, 4) is 5.75 Å². The molecule has 6 nitrogen and oxygen atoms in total. The largest absolute Gasteiger partial charge is 0.510 e. The Hall–Kier alpha value is -3.48. The van der Waals surface area contributed by atoms with E-state index in [1.54, 1.807) is 29.2 Å². The molecule has 0 amide bonds. The molecule has 1 aliphatic rings. The number of anilines is 1. The van der Waals surface area contributed by atoms with E-state index in [0.717, 1.165) is 23.2 Å². The summed E-state index contributed by atoms with van der Waals surface area (Å²) < 4.78 is 11.8. The van der Waals surface area contributed by atoms with Gasteiger partial charge in [-0.1, -0.05) is 67.1 Å². The number of rotatable bonds is 11. The molecule has 1 aliphatic heterocycles. The zero-order chi connectivity index (χ0) is 26.3. The lowest BCUT2D eigenvalue weighted by atomic mass is 9.82. The van der Waals surface area contributed by atoms with Crippen molar-refractivity contribution < 1.29 is 24.5 Å². The zero-order valence-corrected chi connectivity index (χ0v) is 21.7. The Morgan fingerprint density at radius 1 is 1.05 bits per heavy atom. The van der Waals surface area contributed by atoms with Gasteiger partial charge in [0.1, 0.15) is 23.7 Å². The van der Waals surface area contributed by atoms with Crippen molar-refractivity contribution in [1.29, 1.82) is 0 Å². The van der Waals surface area contributed by atoms with E-state index in [1.807, 2.05) is 61.5 Å². The molecular weight excluding hydrogens is 490 g/mol. The standard InChI is InChI=1S/C30H32ClNO5/c1-2-17-32(25-10-6-9-24(31)20-25)28-27(34)21-30(37-29(28)35,16-15-22-7-4-3-5-8-22)23-11-13-26(14-12-23)36-19-18-33/h3-14,20,33-34H,2,15-19,21H2,1H3. The van der Waals surface area contributed by atoms with Crippen LogP contribution in [0.4, 0.5) is 5.69 Å². The summed E-state index contributed by atoms with van der Waals surface area (Å²) in [5.74, 6) is 0.0119. The van der Waals surface area contributed by atoms with E-state index in [0.29, 0.717) is 30.2 Å². The molecular formula is C30H32ClNO5. The molecule has 2 N–H and O–H groups in total. The number of benzene rings is 3. The van der Waals surface area contributed by atoms with Crippen molar-refractivity contribution in [2.75, 3.05) is 24.7 Å². The number of carbonyl (C=O) groups excluding carboxylic acids is 1. The second-order valence-corrected chi connectivity index (χ2v) is 9.51. The fraction of sp³-hybridized carbons (Fsp3) is 0.300. The monoisotopic (exact) mass is 521 g/mol. The third kappa shape index (κ3) is 6.27. The van der Waals surface area contributed by atoms with Crippen LogP contribution in [-0.4, -0.2) is 35.9 Å². The van der Waals surface area contributed by atoms with Gasteiger partial charge < -0.3 is 24.6 Å². The average Bonchev–Trinajstić information content (AvgIpc) is 2.91. The number of aryl methyl sites for hydroxylation is 1. The van der Waals surface area contributed by atoms with Gasteiger partial charge in [0.05, 0.1) is 13.0 Å². The van der Waals surface area contributed by atoms with Gasteiger partial charge in [0.2, 0.25) is 0 Å². The minimum Gasteiger partial charge on any atom is -0.510 e. The van der Waals surface area contributed by atoms with Crippen LogP contribution in [0.15, 0.2) is 90.3 Å². The van der Waals surface area contributed by atoms with Crippen LogP contribution in [0.1, 0.15) is 37.3 Å². The molecule has 4 rings (SSSR count). The lowest BCUT2D eigenvalue weighted by Crippen LogP contribution is -2.43. The highest BCUT2D eigenvalue weighted by Crippen LogP contribution is 2.43. The number of aliphatic hydroxyl groups is 2. The molecule has 0 aromatic heterocycles. The zero-order valence-electron chi connectivity index (χ0n) is 20.9. The van der Waals surface area contributed by atoms with E-state index in [1.165, 1.54) is 0 Å². The molecule has 1 unspecified atom stereocenters. The van der Waals surface area contributed by atoms with E-state index in [-0.39, 0.29) is 31.1 Å². The second-order valence-electron chi connectivity index (χ2n) is 9.07. The Bertz CT molecular complexity index is 1230. The maximum absolute atomic E-state index is 13.6. The molecule has 7 heteroatoms. The van der Waals surface area contributed by atoms with Gasteiger partial charge in [0, 0.05) is 17.3 Å². The average molecular weight is 522 g/mol. The first-order chi connectivity index (χ1) is 18.0. The molecule has 194 valence electrons. The Morgan fingerprint density at radius 2 is 1.81 bits per heavy atom. The molecule has 0 bridgehead atoms. The molecule has 0 fully saturated rings. The molecule has 1 atom stereocenters. The Balaban J connectivity index is 1.71.